The van der Waals surface area contributed by atoms with Crippen LogP contribution in [0.4, 0.5) is 0 Å². The third kappa shape index (κ3) is 5.62. The molecule has 0 aromatic carbocycles. The number of aromatic nitrogens is 2. The predicted octanol–water partition coefficient (Wildman–Crippen LogP) is 1.27. The Labute approximate surface area is 95.3 Å². The van der Waals surface area contributed by atoms with Crippen LogP contribution in [-0.2, 0) is 6.54 Å². The molecule has 1 heterocycles. The zero-order valence-electron chi connectivity index (χ0n) is 7.68. The molecule has 5 heteroatoms. The molecule has 1 aromatic rings. The maximum atomic E-state index is 5.38. The molecule has 0 bridgehead atoms. The SMILES string of the molecule is CC(N)=NCCCn1ccnc1.I. The smallest absolute Gasteiger partial charge is 0.0945 e. The van der Waals surface area contributed by atoms with Crippen LogP contribution in [-0.4, -0.2) is 21.9 Å². The first-order valence-corrected chi connectivity index (χ1v) is 4.01. The van der Waals surface area contributed by atoms with Gasteiger partial charge in [0.15, 0.2) is 0 Å². The number of rotatable bonds is 4. The van der Waals surface area contributed by atoms with Crippen molar-refractivity contribution in [3.63, 3.8) is 0 Å². The van der Waals surface area contributed by atoms with Crippen molar-refractivity contribution >= 4 is 29.8 Å². The second-order valence-corrected chi connectivity index (χ2v) is 2.68. The van der Waals surface area contributed by atoms with Gasteiger partial charge in [-0.3, -0.25) is 4.99 Å². The van der Waals surface area contributed by atoms with Crippen molar-refractivity contribution in [2.24, 2.45) is 10.7 Å². The molecule has 0 saturated carbocycles. The first kappa shape index (κ1) is 12.4. The maximum absolute atomic E-state index is 5.38. The highest BCUT2D eigenvalue weighted by Gasteiger charge is 1.88. The van der Waals surface area contributed by atoms with Crippen molar-refractivity contribution < 1.29 is 0 Å². The Morgan fingerprint density at radius 3 is 2.92 bits per heavy atom. The van der Waals surface area contributed by atoms with E-state index in [2.05, 4.69) is 9.98 Å². The molecule has 0 aliphatic rings. The van der Waals surface area contributed by atoms with Gasteiger partial charge in [-0.2, -0.15) is 0 Å². The van der Waals surface area contributed by atoms with Crippen LogP contribution < -0.4 is 5.73 Å². The fourth-order valence-corrected chi connectivity index (χ4v) is 0.928. The average molecular weight is 294 g/mol. The molecule has 0 radical (unpaired) electrons. The maximum Gasteiger partial charge on any atom is 0.0945 e. The number of halogens is 1. The van der Waals surface area contributed by atoms with E-state index in [1.54, 1.807) is 19.4 Å². The monoisotopic (exact) mass is 294 g/mol. The molecule has 0 aliphatic carbocycles. The Hall–Kier alpha value is -0.590. The molecule has 1 aromatic heterocycles. The molecule has 0 amide bonds. The summed E-state index contributed by atoms with van der Waals surface area (Å²) in [6, 6.07) is 0. The summed E-state index contributed by atoms with van der Waals surface area (Å²) >= 11 is 0. The van der Waals surface area contributed by atoms with Gasteiger partial charge in [0.25, 0.3) is 0 Å². The third-order valence-electron chi connectivity index (χ3n) is 1.49. The predicted molar refractivity (Wildman–Crippen MR) is 64.4 cm³/mol. The van der Waals surface area contributed by atoms with E-state index in [0.29, 0.717) is 5.84 Å². The first-order chi connectivity index (χ1) is 5.79. The van der Waals surface area contributed by atoms with Crippen LogP contribution in [0.15, 0.2) is 23.7 Å². The van der Waals surface area contributed by atoms with Crippen molar-refractivity contribution in [2.75, 3.05) is 6.54 Å². The van der Waals surface area contributed by atoms with Gasteiger partial charge in [-0.1, -0.05) is 0 Å². The van der Waals surface area contributed by atoms with Gasteiger partial charge >= 0.3 is 0 Å². The summed E-state index contributed by atoms with van der Waals surface area (Å²) in [6.45, 7) is 3.55. The number of nitrogens with two attached hydrogens (primary N) is 1. The van der Waals surface area contributed by atoms with Gasteiger partial charge < -0.3 is 10.3 Å². The molecular weight excluding hydrogens is 279 g/mol. The quantitative estimate of drug-likeness (QED) is 0.393. The molecule has 1 rings (SSSR count). The minimum Gasteiger partial charge on any atom is -0.388 e. The van der Waals surface area contributed by atoms with Gasteiger partial charge in [-0.05, 0) is 13.3 Å². The highest BCUT2D eigenvalue weighted by molar-refractivity contribution is 14.0. The zero-order valence-corrected chi connectivity index (χ0v) is 10.0. The zero-order chi connectivity index (χ0) is 8.81. The fourth-order valence-electron chi connectivity index (χ4n) is 0.928. The number of amidine groups is 1. The number of aliphatic imine (C=N–C) groups is 1. The van der Waals surface area contributed by atoms with Crippen LogP contribution in [0.5, 0.6) is 0 Å². The average Bonchev–Trinajstić information content (AvgIpc) is 2.49. The lowest BCUT2D eigenvalue weighted by Gasteiger charge is -1.98. The molecule has 2 N–H and O–H groups in total. The van der Waals surface area contributed by atoms with Gasteiger partial charge in [0.2, 0.25) is 0 Å². The van der Waals surface area contributed by atoms with Gasteiger partial charge in [0.1, 0.15) is 0 Å². The van der Waals surface area contributed by atoms with Crippen molar-refractivity contribution in [3.05, 3.63) is 18.7 Å². The minimum absolute atomic E-state index is 0. The summed E-state index contributed by atoms with van der Waals surface area (Å²) in [5.74, 6) is 0.653. The first-order valence-electron chi connectivity index (χ1n) is 4.01. The van der Waals surface area contributed by atoms with Gasteiger partial charge in [0, 0.05) is 25.5 Å². The molecule has 0 atom stereocenters. The standard InChI is InChI=1S/C8H14N4.HI/c1-8(9)11-3-2-5-12-6-4-10-7-12;/h4,6-7H,2-3,5H2,1H3,(H2,9,11);1H. The summed E-state index contributed by atoms with van der Waals surface area (Å²) < 4.78 is 2.03. The van der Waals surface area contributed by atoms with E-state index in [1.807, 2.05) is 10.8 Å². The van der Waals surface area contributed by atoms with Crippen LogP contribution in [0.2, 0.25) is 0 Å². The van der Waals surface area contributed by atoms with Crippen LogP contribution in [0.25, 0.3) is 0 Å². The van der Waals surface area contributed by atoms with E-state index in [4.69, 9.17) is 5.73 Å². The highest BCUT2D eigenvalue weighted by atomic mass is 127. The van der Waals surface area contributed by atoms with E-state index in [1.165, 1.54) is 0 Å². The van der Waals surface area contributed by atoms with E-state index in [-0.39, 0.29) is 24.0 Å². The molecule has 0 saturated heterocycles. The van der Waals surface area contributed by atoms with E-state index >= 15 is 0 Å². The molecule has 74 valence electrons. The van der Waals surface area contributed by atoms with Crippen molar-refractivity contribution in [3.8, 4) is 0 Å². The highest BCUT2D eigenvalue weighted by Crippen LogP contribution is 1.90. The van der Waals surface area contributed by atoms with Gasteiger partial charge in [-0.15, -0.1) is 24.0 Å². The third-order valence-corrected chi connectivity index (χ3v) is 1.49. The van der Waals surface area contributed by atoms with Crippen LogP contribution in [0, 0.1) is 0 Å². The molecule has 0 fully saturated rings. The summed E-state index contributed by atoms with van der Waals surface area (Å²) in [6.07, 6.45) is 6.53. The number of aryl methyl sites for hydroxylation is 1. The largest absolute Gasteiger partial charge is 0.388 e. The molecular formula is C8H15IN4. The topological polar surface area (TPSA) is 56.2 Å². The normalized spacial score (nSPS) is 11.0. The molecule has 0 unspecified atom stereocenters. The molecule has 4 nitrogen and oxygen atoms in total. The van der Waals surface area contributed by atoms with E-state index < -0.39 is 0 Å². The Morgan fingerprint density at radius 2 is 2.38 bits per heavy atom. The number of nitrogens with zero attached hydrogens (tertiary/aromatic N) is 3. The second-order valence-electron chi connectivity index (χ2n) is 2.68. The fraction of sp³-hybridized carbons (Fsp3) is 0.500. The summed E-state index contributed by atoms with van der Waals surface area (Å²) in [5, 5.41) is 0. The number of hydrogen-bond donors (Lipinski definition) is 1. The Morgan fingerprint density at radius 1 is 1.62 bits per heavy atom. The summed E-state index contributed by atoms with van der Waals surface area (Å²) in [7, 11) is 0. The van der Waals surface area contributed by atoms with Crippen LogP contribution in [0.3, 0.4) is 0 Å². The van der Waals surface area contributed by atoms with Crippen molar-refractivity contribution in [1.29, 1.82) is 0 Å². The molecule has 0 spiro atoms. The minimum atomic E-state index is 0. The lowest BCUT2D eigenvalue weighted by Crippen LogP contribution is -2.06. The molecule has 0 aliphatic heterocycles. The number of hydrogen-bond acceptors (Lipinski definition) is 2. The van der Waals surface area contributed by atoms with Crippen LogP contribution >= 0.6 is 24.0 Å². The van der Waals surface area contributed by atoms with Gasteiger partial charge in [0.05, 0.1) is 12.2 Å². The van der Waals surface area contributed by atoms with E-state index in [0.717, 1.165) is 19.5 Å². The van der Waals surface area contributed by atoms with Crippen molar-refractivity contribution in [2.45, 2.75) is 19.9 Å². The van der Waals surface area contributed by atoms with E-state index in [9.17, 15) is 0 Å². The number of imidazole rings is 1. The Bertz CT molecular complexity index is 239. The van der Waals surface area contributed by atoms with Gasteiger partial charge in [-0.25, -0.2) is 4.98 Å². The molecule has 13 heavy (non-hydrogen) atoms. The lowest BCUT2D eigenvalue weighted by molar-refractivity contribution is 0.650. The Balaban J connectivity index is 0.00000144. The second kappa shape index (κ2) is 6.88. The van der Waals surface area contributed by atoms with Crippen LogP contribution in [0.1, 0.15) is 13.3 Å². The summed E-state index contributed by atoms with van der Waals surface area (Å²) in [5.41, 5.74) is 5.38. The summed E-state index contributed by atoms with van der Waals surface area (Å²) in [4.78, 5) is 8.02. The lowest BCUT2D eigenvalue weighted by atomic mass is 10.4. The van der Waals surface area contributed by atoms with Crippen molar-refractivity contribution in [1.82, 2.24) is 9.55 Å². The Kier molecular flexibility index (Phi) is 6.56.